The molecule has 0 radical (unpaired) electrons. The zero-order valence-electron chi connectivity index (χ0n) is 14.7. The van der Waals surface area contributed by atoms with E-state index in [1.807, 2.05) is 60.7 Å². The maximum atomic E-state index is 12.9. The summed E-state index contributed by atoms with van der Waals surface area (Å²) in [5.74, 6) is 0. The third kappa shape index (κ3) is 4.36. The number of aryl methyl sites for hydroxylation is 1. The van der Waals surface area contributed by atoms with Gasteiger partial charge in [0, 0.05) is 6.20 Å². The number of pyridine rings is 1. The third-order valence-electron chi connectivity index (χ3n) is 4.16. The summed E-state index contributed by atoms with van der Waals surface area (Å²) in [6, 6.07) is 21.5. The Bertz CT molecular complexity index is 885. The number of aromatic nitrogens is 1. The van der Waals surface area contributed by atoms with Crippen LogP contribution in [-0.2, 0) is 16.4 Å². The maximum absolute atomic E-state index is 12.9. The van der Waals surface area contributed by atoms with Crippen LogP contribution in [0.15, 0.2) is 83.9 Å². The van der Waals surface area contributed by atoms with Crippen LogP contribution >= 0.6 is 0 Å². The zero-order chi connectivity index (χ0) is 18.4. The smallest absolute Gasteiger partial charge is 0.241 e. The fraction of sp³-hybridized carbons (Fsp3) is 0.190. The molecule has 2 aromatic carbocycles. The molecular weight excluding hydrogens is 344 g/mol. The molecule has 0 aliphatic carbocycles. The molecule has 3 rings (SSSR count). The SMILES string of the molecule is CCCc1ccc(S(=O)(=O)N[C@@H](c2ccccc2)c2ccccn2)cc1. The van der Waals surface area contributed by atoms with Gasteiger partial charge in [0.15, 0.2) is 0 Å². The van der Waals surface area contributed by atoms with Gasteiger partial charge in [-0.1, -0.05) is 61.9 Å². The summed E-state index contributed by atoms with van der Waals surface area (Å²) in [7, 11) is -3.68. The summed E-state index contributed by atoms with van der Waals surface area (Å²) < 4.78 is 28.6. The van der Waals surface area contributed by atoms with Gasteiger partial charge in [0.2, 0.25) is 10.0 Å². The molecule has 0 amide bonds. The second kappa shape index (κ2) is 8.25. The summed E-state index contributed by atoms with van der Waals surface area (Å²) in [5.41, 5.74) is 2.64. The van der Waals surface area contributed by atoms with E-state index in [2.05, 4.69) is 16.6 Å². The van der Waals surface area contributed by atoms with E-state index < -0.39 is 16.1 Å². The van der Waals surface area contributed by atoms with E-state index in [0.29, 0.717) is 5.69 Å². The quantitative estimate of drug-likeness (QED) is 0.685. The molecule has 5 heteroatoms. The van der Waals surface area contributed by atoms with Gasteiger partial charge in [0.1, 0.15) is 0 Å². The molecule has 26 heavy (non-hydrogen) atoms. The number of rotatable bonds is 7. The molecule has 0 saturated heterocycles. The van der Waals surface area contributed by atoms with Crippen molar-refractivity contribution in [1.29, 1.82) is 0 Å². The second-order valence-electron chi connectivity index (χ2n) is 6.11. The third-order valence-corrected chi connectivity index (χ3v) is 5.60. The van der Waals surface area contributed by atoms with Crippen LogP contribution in [0.5, 0.6) is 0 Å². The molecule has 0 aliphatic heterocycles. The lowest BCUT2D eigenvalue weighted by Crippen LogP contribution is -2.30. The number of nitrogens with zero attached hydrogens (tertiary/aromatic N) is 1. The van der Waals surface area contributed by atoms with Crippen LogP contribution in [0.1, 0.15) is 36.2 Å². The molecule has 0 unspecified atom stereocenters. The van der Waals surface area contributed by atoms with Crippen molar-refractivity contribution in [3.05, 3.63) is 95.8 Å². The van der Waals surface area contributed by atoms with Gasteiger partial charge in [0.05, 0.1) is 16.6 Å². The molecule has 0 saturated carbocycles. The normalized spacial score (nSPS) is 12.7. The minimum absolute atomic E-state index is 0.259. The van der Waals surface area contributed by atoms with E-state index in [0.717, 1.165) is 24.0 Å². The lowest BCUT2D eigenvalue weighted by molar-refractivity contribution is 0.570. The highest BCUT2D eigenvalue weighted by atomic mass is 32.2. The Morgan fingerprint density at radius 1 is 0.923 bits per heavy atom. The Balaban J connectivity index is 1.93. The highest BCUT2D eigenvalue weighted by Gasteiger charge is 2.23. The van der Waals surface area contributed by atoms with Crippen molar-refractivity contribution in [2.24, 2.45) is 0 Å². The Hall–Kier alpha value is -2.50. The molecule has 1 heterocycles. The predicted molar refractivity (Wildman–Crippen MR) is 103 cm³/mol. The first-order valence-electron chi connectivity index (χ1n) is 8.67. The fourth-order valence-electron chi connectivity index (χ4n) is 2.84. The second-order valence-corrected chi connectivity index (χ2v) is 7.83. The largest absolute Gasteiger partial charge is 0.259 e. The molecule has 0 spiro atoms. The molecule has 1 aromatic heterocycles. The van der Waals surface area contributed by atoms with Gasteiger partial charge in [-0.05, 0) is 41.8 Å². The van der Waals surface area contributed by atoms with E-state index in [9.17, 15) is 8.42 Å². The van der Waals surface area contributed by atoms with Crippen LogP contribution in [0.2, 0.25) is 0 Å². The maximum Gasteiger partial charge on any atom is 0.241 e. The first-order valence-corrected chi connectivity index (χ1v) is 10.2. The number of nitrogens with one attached hydrogen (secondary N) is 1. The number of sulfonamides is 1. The van der Waals surface area contributed by atoms with Gasteiger partial charge in [-0.25, -0.2) is 8.42 Å². The number of hydrogen-bond acceptors (Lipinski definition) is 3. The molecule has 4 nitrogen and oxygen atoms in total. The minimum Gasteiger partial charge on any atom is -0.259 e. The molecule has 1 atom stereocenters. The summed E-state index contributed by atoms with van der Waals surface area (Å²) in [6.45, 7) is 2.10. The molecule has 1 N–H and O–H groups in total. The average molecular weight is 366 g/mol. The molecule has 0 bridgehead atoms. The van der Waals surface area contributed by atoms with Crippen LogP contribution in [0.3, 0.4) is 0 Å². The van der Waals surface area contributed by atoms with Gasteiger partial charge in [-0.3, -0.25) is 4.98 Å². The van der Waals surface area contributed by atoms with Crippen LogP contribution in [-0.4, -0.2) is 13.4 Å². The van der Waals surface area contributed by atoms with E-state index in [-0.39, 0.29) is 4.90 Å². The van der Waals surface area contributed by atoms with E-state index in [1.165, 1.54) is 0 Å². The van der Waals surface area contributed by atoms with Crippen molar-refractivity contribution in [1.82, 2.24) is 9.71 Å². The topological polar surface area (TPSA) is 59.1 Å². The fourth-order valence-corrected chi connectivity index (χ4v) is 4.04. The Morgan fingerprint density at radius 3 is 2.23 bits per heavy atom. The van der Waals surface area contributed by atoms with Crippen LogP contribution in [0, 0.1) is 0 Å². The minimum atomic E-state index is -3.68. The number of hydrogen-bond donors (Lipinski definition) is 1. The van der Waals surface area contributed by atoms with E-state index >= 15 is 0 Å². The lowest BCUT2D eigenvalue weighted by Gasteiger charge is -2.19. The van der Waals surface area contributed by atoms with Crippen LogP contribution in [0.25, 0.3) is 0 Å². The van der Waals surface area contributed by atoms with E-state index in [1.54, 1.807) is 18.3 Å². The van der Waals surface area contributed by atoms with Crippen molar-refractivity contribution in [3.8, 4) is 0 Å². The summed E-state index contributed by atoms with van der Waals surface area (Å²) in [4.78, 5) is 4.60. The number of benzene rings is 2. The standard InChI is InChI=1S/C21H22N2O2S/c1-2-8-17-12-14-19(15-13-17)26(24,25)23-21(18-9-4-3-5-10-18)20-11-6-7-16-22-20/h3-7,9-16,21,23H,2,8H2,1H3/t21-/m0/s1. The van der Waals surface area contributed by atoms with Crippen molar-refractivity contribution >= 4 is 10.0 Å². The summed E-state index contributed by atoms with van der Waals surface area (Å²) >= 11 is 0. The molecule has 134 valence electrons. The summed E-state index contributed by atoms with van der Waals surface area (Å²) in [6.07, 6.45) is 3.63. The van der Waals surface area contributed by atoms with Gasteiger partial charge in [-0.2, -0.15) is 4.72 Å². The first kappa shape index (κ1) is 18.3. The van der Waals surface area contributed by atoms with Crippen molar-refractivity contribution in [2.75, 3.05) is 0 Å². The van der Waals surface area contributed by atoms with E-state index in [4.69, 9.17) is 0 Å². The predicted octanol–water partition coefficient (Wildman–Crippen LogP) is 4.10. The molecule has 0 fully saturated rings. The van der Waals surface area contributed by atoms with Crippen molar-refractivity contribution < 1.29 is 8.42 Å². The van der Waals surface area contributed by atoms with Gasteiger partial charge in [0.25, 0.3) is 0 Å². The lowest BCUT2D eigenvalue weighted by atomic mass is 10.0. The Labute approximate surface area is 155 Å². The first-order chi connectivity index (χ1) is 12.6. The van der Waals surface area contributed by atoms with Crippen LogP contribution < -0.4 is 4.72 Å². The Morgan fingerprint density at radius 2 is 1.62 bits per heavy atom. The molecule has 3 aromatic rings. The van der Waals surface area contributed by atoms with Crippen LogP contribution in [0.4, 0.5) is 0 Å². The zero-order valence-corrected chi connectivity index (χ0v) is 15.5. The summed E-state index contributed by atoms with van der Waals surface area (Å²) in [5, 5.41) is 0. The monoisotopic (exact) mass is 366 g/mol. The van der Waals surface area contributed by atoms with Gasteiger partial charge in [-0.15, -0.1) is 0 Å². The van der Waals surface area contributed by atoms with Gasteiger partial charge < -0.3 is 0 Å². The highest BCUT2D eigenvalue weighted by molar-refractivity contribution is 7.89. The highest BCUT2D eigenvalue weighted by Crippen LogP contribution is 2.23. The Kier molecular flexibility index (Phi) is 5.81. The average Bonchev–Trinajstić information content (AvgIpc) is 2.68. The van der Waals surface area contributed by atoms with Gasteiger partial charge >= 0.3 is 0 Å². The molecular formula is C21H22N2O2S. The van der Waals surface area contributed by atoms with Crippen molar-refractivity contribution in [2.45, 2.75) is 30.7 Å². The van der Waals surface area contributed by atoms with Crippen molar-refractivity contribution in [3.63, 3.8) is 0 Å². The molecule has 0 aliphatic rings.